The Morgan fingerprint density at radius 3 is 2.26 bits per heavy atom. The molecule has 0 radical (unpaired) electrons. The summed E-state index contributed by atoms with van der Waals surface area (Å²) in [6.07, 6.45) is 2.11. The fraction of sp³-hybridized carbons (Fsp3) is 0.857. The molecule has 0 bridgehead atoms. The lowest BCUT2D eigenvalue weighted by molar-refractivity contribution is -0.142. The van der Waals surface area contributed by atoms with Crippen molar-refractivity contribution >= 4 is 11.8 Å². The van der Waals surface area contributed by atoms with E-state index in [2.05, 4.69) is 5.32 Å². The van der Waals surface area contributed by atoms with Gasteiger partial charge in [0.05, 0.1) is 0 Å². The predicted molar refractivity (Wildman–Crippen MR) is 73.6 cm³/mol. The molecule has 5 nitrogen and oxygen atoms in total. The van der Waals surface area contributed by atoms with Gasteiger partial charge in [0, 0.05) is 44.6 Å². The molecule has 5 heteroatoms. The molecule has 1 aliphatic heterocycles. The van der Waals surface area contributed by atoms with Crippen LogP contribution >= 0.6 is 0 Å². The van der Waals surface area contributed by atoms with Gasteiger partial charge >= 0.3 is 0 Å². The highest BCUT2D eigenvalue weighted by atomic mass is 16.2. The Hall–Kier alpha value is -1.10. The van der Waals surface area contributed by atoms with Gasteiger partial charge in [-0.25, -0.2) is 0 Å². The van der Waals surface area contributed by atoms with Crippen molar-refractivity contribution in [1.82, 2.24) is 15.1 Å². The highest BCUT2D eigenvalue weighted by molar-refractivity contribution is 5.82. The van der Waals surface area contributed by atoms with Crippen molar-refractivity contribution in [2.24, 2.45) is 11.8 Å². The van der Waals surface area contributed by atoms with E-state index in [0.29, 0.717) is 32.1 Å². The number of hydrogen-bond donors (Lipinski definition) is 1. The maximum absolute atomic E-state index is 12.2. The summed E-state index contributed by atoms with van der Waals surface area (Å²) in [5.41, 5.74) is 0. The van der Waals surface area contributed by atoms with Crippen LogP contribution in [0.2, 0.25) is 0 Å². The maximum Gasteiger partial charge on any atom is 0.226 e. The van der Waals surface area contributed by atoms with Crippen molar-refractivity contribution in [2.45, 2.75) is 26.7 Å². The van der Waals surface area contributed by atoms with E-state index in [9.17, 15) is 9.59 Å². The van der Waals surface area contributed by atoms with E-state index in [1.807, 2.05) is 23.6 Å². The molecule has 1 heterocycles. The van der Waals surface area contributed by atoms with Crippen molar-refractivity contribution < 1.29 is 9.59 Å². The molecule has 2 fully saturated rings. The number of nitrogens with zero attached hydrogens (tertiary/aromatic N) is 2. The van der Waals surface area contributed by atoms with Crippen LogP contribution in [0.4, 0.5) is 0 Å². The van der Waals surface area contributed by atoms with Gasteiger partial charge in [-0.2, -0.15) is 0 Å². The first kappa shape index (κ1) is 14.3. The Balaban J connectivity index is 1.75. The summed E-state index contributed by atoms with van der Waals surface area (Å²) in [4.78, 5) is 28.0. The van der Waals surface area contributed by atoms with Crippen LogP contribution in [0.3, 0.4) is 0 Å². The zero-order valence-corrected chi connectivity index (χ0v) is 12.0. The molecule has 2 amide bonds. The third-order valence-electron chi connectivity index (χ3n) is 3.95. The van der Waals surface area contributed by atoms with Crippen LogP contribution in [0.5, 0.6) is 0 Å². The Morgan fingerprint density at radius 2 is 1.74 bits per heavy atom. The molecule has 1 saturated carbocycles. The van der Waals surface area contributed by atoms with Crippen LogP contribution in [-0.4, -0.2) is 60.9 Å². The second kappa shape index (κ2) is 6.37. The molecule has 0 spiro atoms. The summed E-state index contributed by atoms with van der Waals surface area (Å²) in [6, 6.07) is 0. The van der Waals surface area contributed by atoms with Gasteiger partial charge in [-0.3, -0.25) is 9.59 Å². The van der Waals surface area contributed by atoms with Gasteiger partial charge in [0.15, 0.2) is 0 Å². The molecule has 0 aromatic carbocycles. The molecular weight excluding hydrogens is 242 g/mol. The minimum absolute atomic E-state index is 0.0191. The fourth-order valence-corrected chi connectivity index (χ4v) is 2.50. The van der Waals surface area contributed by atoms with E-state index >= 15 is 0 Å². The van der Waals surface area contributed by atoms with Gasteiger partial charge in [-0.15, -0.1) is 0 Å². The van der Waals surface area contributed by atoms with Crippen LogP contribution < -0.4 is 5.32 Å². The number of piperazine rings is 1. The van der Waals surface area contributed by atoms with E-state index in [0.717, 1.165) is 25.9 Å². The molecule has 2 rings (SSSR count). The molecule has 0 aromatic rings. The fourth-order valence-electron chi connectivity index (χ4n) is 2.50. The lowest BCUT2D eigenvalue weighted by atomic mass is 10.1. The van der Waals surface area contributed by atoms with E-state index < -0.39 is 0 Å². The smallest absolute Gasteiger partial charge is 0.226 e. The third-order valence-corrected chi connectivity index (χ3v) is 3.95. The van der Waals surface area contributed by atoms with Gasteiger partial charge in [-0.05, 0) is 19.4 Å². The average Bonchev–Trinajstić information content (AvgIpc) is 3.28. The number of nitrogens with one attached hydrogen (secondary N) is 1. The normalized spacial score (nSPS) is 21.4. The summed E-state index contributed by atoms with van der Waals surface area (Å²) in [6.45, 7) is 8.41. The van der Waals surface area contributed by atoms with Gasteiger partial charge < -0.3 is 15.1 Å². The highest BCUT2D eigenvalue weighted by Gasteiger charge is 2.35. The largest absolute Gasteiger partial charge is 0.339 e. The first-order chi connectivity index (χ1) is 9.13. The van der Waals surface area contributed by atoms with Gasteiger partial charge in [0.25, 0.3) is 0 Å². The second-order valence-electron chi connectivity index (χ2n) is 5.63. The van der Waals surface area contributed by atoms with Crippen molar-refractivity contribution in [3.05, 3.63) is 0 Å². The molecule has 1 saturated heterocycles. The number of carbonyl (C=O) groups excluding carboxylic acids is 2. The number of carbonyl (C=O) groups is 2. The highest BCUT2D eigenvalue weighted by Crippen LogP contribution is 2.31. The van der Waals surface area contributed by atoms with Crippen LogP contribution in [0.15, 0.2) is 0 Å². The Labute approximate surface area is 115 Å². The van der Waals surface area contributed by atoms with Gasteiger partial charge in [0.2, 0.25) is 11.8 Å². The molecule has 108 valence electrons. The number of hydrogen-bond acceptors (Lipinski definition) is 3. The molecule has 1 atom stereocenters. The molecule has 19 heavy (non-hydrogen) atoms. The van der Waals surface area contributed by atoms with E-state index in [4.69, 9.17) is 0 Å². The topological polar surface area (TPSA) is 52.7 Å². The predicted octanol–water partition coefficient (Wildman–Crippen LogP) is 0.313. The zero-order valence-electron chi connectivity index (χ0n) is 12.0. The minimum Gasteiger partial charge on any atom is -0.339 e. The third kappa shape index (κ3) is 3.69. The van der Waals surface area contributed by atoms with Crippen LogP contribution in [0.25, 0.3) is 0 Å². The Morgan fingerprint density at radius 1 is 1.16 bits per heavy atom. The lowest BCUT2D eigenvalue weighted by Gasteiger charge is -2.36. The SMILES string of the molecule is CCNCC(C)C(=O)N1CCN(C(=O)C2CC2)CC1. The number of amides is 2. The van der Waals surface area contributed by atoms with Gasteiger partial charge in [0.1, 0.15) is 0 Å². The van der Waals surface area contributed by atoms with Crippen molar-refractivity contribution in [3.63, 3.8) is 0 Å². The zero-order chi connectivity index (χ0) is 13.8. The summed E-state index contributed by atoms with van der Waals surface area (Å²) >= 11 is 0. The first-order valence-electron chi connectivity index (χ1n) is 7.41. The van der Waals surface area contributed by atoms with E-state index in [1.165, 1.54) is 0 Å². The van der Waals surface area contributed by atoms with Crippen LogP contribution in [0.1, 0.15) is 26.7 Å². The number of rotatable bonds is 5. The Kier molecular flexibility index (Phi) is 4.80. The summed E-state index contributed by atoms with van der Waals surface area (Å²) in [7, 11) is 0. The van der Waals surface area contributed by atoms with Crippen molar-refractivity contribution in [3.8, 4) is 0 Å². The van der Waals surface area contributed by atoms with E-state index in [-0.39, 0.29) is 17.7 Å². The molecular formula is C14H25N3O2. The van der Waals surface area contributed by atoms with E-state index in [1.54, 1.807) is 0 Å². The van der Waals surface area contributed by atoms with Crippen LogP contribution in [-0.2, 0) is 9.59 Å². The second-order valence-corrected chi connectivity index (χ2v) is 5.63. The summed E-state index contributed by atoms with van der Waals surface area (Å²) < 4.78 is 0. The summed E-state index contributed by atoms with van der Waals surface area (Å²) in [5.74, 6) is 0.813. The molecule has 1 aliphatic carbocycles. The monoisotopic (exact) mass is 267 g/mol. The quantitative estimate of drug-likeness (QED) is 0.780. The van der Waals surface area contributed by atoms with Crippen molar-refractivity contribution in [1.29, 1.82) is 0 Å². The van der Waals surface area contributed by atoms with Crippen LogP contribution in [0, 0.1) is 11.8 Å². The minimum atomic E-state index is 0.0191. The molecule has 0 aromatic heterocycles. The Bertz CT molecular complexity index is 334. The first-order valence-corrected chi connectivity index (χ1v) is 7.41. The molecule has 2 aliphatic rings. The lowest BCUT2D eigenvalue weighted by Crippen LogP contribution is -2.52. The summed E-state index contributed by atoms with van der Waals surface area (Å²) in [5, 5.41) is 3.21. The van der Waals surface area contributed by atoms with Gasteiger partial charge in [-0.1, -0.05) is 13.8 Å². The molecule has 1 unspecified atom stereocenters. The molecule has 1 N–H and O–H groups in total. The standard InChI is InChI=1S/C14H25N3O2/c1-3-15-10-11(2)13(18)16-6-8-17(9-7-16)14(19)12-4-5-12/h11-12,15H,3-10H2,1-2H3. The van der Waals surface area contributed by atoms with Crippen molar-refractivity contribution in [2.75, 3.05) is 39.3 Å². The average molecular weight is 267 g/mol. The maximum atomic E-state index is 12.2.